The molecule has 0 atom stereocenters. The summed E-state index contributed by atoms with van der Waals surface area (Å²) in [5.41, 5.74) is 6.58. The number of nitrogens with two attached hydrogens (primary N) is 1. The molecule has 2 aromatic rings. The monoisotopic (exact) mass is 215 g/mol. The largest absolute Gasteiger partial charge is 0.364 e. The minimum atomic E-state index is -0.583. The average molecular weight is 215 g/mol. The molecule has 0 radical (unpaired) electrons. The Morgan fingerprint density at radius 1 is 1.31 bits per heavy atom. The molecular formula is C10H9N5O. The van der Waals surface area contributed by atoms with Gasteiger partial charge in [0.1, 0.15) is 6.33 Å². The Kier molecular flexibility index (Phi) is 2.73. The SMILES string of the molecule is NC(=O)c1ncccc1Nc1cncnc1. The van der Waals surface area contributed by atoms with E-state index in [0.717, 1.165) is 0 Å². The van der Waals surface area contributed by atoms with E-state index >= 15 is 0 Å². The van der Waals surface area contributed by atoms with Crippen molar-refractivity contribution in [1.82, 2.24) is 15.0 Å². The number of hydrogen-bond acceptors (Lipinski definition) is 5. The van der Waals surface area contributed by atoms with Gasteiger partial charge in [0.2, 0.25) is 0 Å². The van der Waals surface area contributed by atoms with Gasteiger partial charge in [0, 0.05) is 6.20 Å². The molecule has 6 heteroatoms. The predicted octanol–water partition coefficient (Wildman–Crippen LogP) is 0.714. The van der Waals surface area contributed by atoms with Crippen LogP contribution < -0.4 is 11.1 Å². The lowest BCUT2D eigenvalue weighted by Crippen LogP contribution is -2.15. The molecule has 80 valence electrons. The molecule has 16 heavy (non-hydrogen) atoms. The molecule has 0 aliphatic carbocycles. The van der Waals surface area contributed by atoms with Crippen molar-refractivity contribution in [3.63, 3.8) is 0 Å². The van der Waals surface area contributed by atoms with E-state index in [1.165, 1.54) is 12.5 Å². The number of rotatable bonds is 3. The van der Waals surface area contributed by atoms with Crippen molar-refractivity contribution in [2.24, 2.45) is 5.73 Å². The van der Waals surface area contributed by atoms with Crippen LogP contribution in [0.15, 0.2) is 37.1 Å². The number of anilines is 2. The van der Waals surface area contributed by atoms with Crippen LogP contribution in [-0.4, -0.2) is 20.9 Å². The van der Waals surface area contributed by atoms with E-state index in [1.54, 1.807) is 24.5 Å². The van der Waals surface area contributed by atoms with Gasteiger partial charge < -0.3 is 11.1 Å². The lowest BCUT2D eigenvalue weighted by molar-refractivity contribution is 0.0996. The summed E-state index contributed by atoms with van der Waals surface area (Å²) in [4.78, 5) is 22.7. The molecule has 6 nitrogen and oxygen atoms in total. The zero-order valence-electron chi connectivity index (χ0n) is 8.29. The van der Waals surface area contributed by atoms with Crippen molar-refractivity contribution < 1.29 is 4.79 Å². The van der Waals surface area contributed by atoms with Crippen LogP contribution >= 0.6 is 0 Å². The molecular weight excluding hydrogens is 206 g/mol. The second kappa shape index (κ2) is 4.35. The van der Waals surface area contributed by atoms with Crippen LogP contribution in [0.1, 0.15) is 10.5 Å². The summed E-state index contributed by atoms with van der Waals surface area (Å²) in [6.07, 6.45) is 6.10. The minimum absolute atomic E-state index is 0.186. The molecule has 0 spiro atoms. The number of aromatic nitrogens is 3. The number of carbonyl (C=O) groups is 1. The van der Waals surface area contributed by atoms with Crippen LogP contribution in [0.5, 0.6) is 0 Å². The van der Waals surface area contributed by atoms with Crippen LogP contribution in [0.25, 0.3) is 0 Å². The van der Waals surface area contributed by atoms with Crippen molar-refractivity contribution in [3.05, 3.63) is 42.7 Å². The second-order valence-corrected chi connectivity index (χ2v) is 3.02. The summed E-state index contributed by atoms with van der Waals surface area (Å²) < 4.78 is 0. The molecule has 0 saturated carbocycles. The lowest BCUT2D eigenvalue weighted by Gasteiger charge is -2.07. The van der Waals surface area contributed by atoms with Gasteiger partial charge in [-0.2, -0.15) is 0 Å². The summed E-state index contributed by atoms with van der Waals surface area (Å²) in [6.45, 7) is 0. The first-order valence-corrected chi connectivity index (χ1v) is 4.54. The highest BCUT2D eigenvalue weighted by molar-refractivity contribution is 5.97. The van der Waals surface area contributed by atoms with Crippen LogP contribution in [0, 0.1) is 0 Å². The number of carbonyl (C=O) groups excluding carboxylic acids is 1. The first-order chi connectivity index (χ1) is 7.77. The van der Waals surface area contributed by atoms with Crippen molar-refractivity contribution in [1.29, 1.82) is 0 Å². The smallest absolute Gasteiger partial charge is 0.269 e. The Bertz CT molecular complexity index is 500. The van der Waals surface area contributed by atoms with Gasteiger partial charge in [0.25, 0.3) is 5.91 Å². The fourth-order valence-electron chi connectivity index (χ4n) is 1.22. The van der Waals surface area contributed by atoms with Gasteiger partial charge in [-0.05, 0) is 12.1 Å². The number of nitrogens with one attached hydrogen (secondary N) is 1. The molecule has 0 unspecified atom stereocenters. The van der Waals surface area contributed by atoms with Gasteiger partial charge in [-0.25, -0.2) is 15.0 Å². The third kappa shape index (κ3) is 2.11. The lowest BCUT2D eigenvalue weighted by atomic mass is 10.2. The highest BCUT2D eigenvalue weighted by atomic mass is 16.1. The van der Waals surface area contributed by atoms with Gasteiger partial charge >= 0.3 is 0 Å². The standard InChI is InChI=1S/C10H9N5O/c11-10(16)9-8(2-1-3-14-9)15-7-4-12-6-13-5-7/h1-6,15H,(H2,11,16). The van der Waals surface area contributed by atoms with Crippen molar-refractivity contribution in [2.45, 2.75) is 0 Å². The van der Waals surface area contributed by atoms with Crippen molar-refractivity contribution in [2.75, 3.05) is 5.32 Å². The molecule has 0 aromatic carbocycles. The molecule has 0 fully saturated rings. The first kappa shape index (κ1) is 10.0. The van der Waals surface area contributed by atoms with E-state index in [4.69, 9.17) is 5.73 Å². The molecule has 1 amide bonds. The van der Waals surface area contributed by atoms with Crippen molar-refractivity contribution >= 4 is 17.3 Å². The van der Waals surface area contributed by atoms with Gasteiger partial charge in [-0.1, -0.05) is 0 Å². The summed E-state index contributed by atoms with van der Waals surface area (Å²) >= 11 is 0. The van der Waals surface area contributed by atoms with Gasteiger partial charge in [0.05, 0.1) is 23.8 Å². The number of primary amides is 1. The van der Waals surface area contributed by atoms with Gasteiger partial charge in [0.15, 0.2) is 5.69 Å². The van der Waals surface area contributed by atoms with Crippen LogP contribution in [0.4, 0.5) is 11.4 Å². The molecule has 0 saturated heterocycles. The maximum Gasteiger partial charge on any atom is 0.269 e. The topological polar surface area (TPSA) is 93.8 Å². The summed E-state index contributed by atoms with van der Waals surface area (Å²) in [7, 11) is 0. The van der Waals surface area contributed by atoms with Crippen LogP contribution in [0.2, 0.25) is 0 Å². The van der Waals surface area contributed by atoms with E-state index in [1.807, 2.05) is 0 Å². The Morgan fingerprint density at radius 3 is 2.75 bits per heavy atom. The normalized spacial score (nSPS) is 9.75. The van der Waals surface area contributed by atoms with E-state index < -0.39 is 5.91 Å². The maximum atomic E-state index is 11.1. The molecule has 0 aliphatic rings. The highest BCUT2D eigenvalue weighted by Crippen LogP contribution is 2.16. The second-order valence-electron chi connectivity index (χ2n) is 3.02. The number of amides is 1. The fraction of sp³-hybridized carbons (Fsp3) is 0. The number of nitrogens with zero attached hydrogens (tertiary/aromatic N) is 3. The quantitative estimate of drug-likeness (QED) is 0.786. The Balaban J connectivity index is 2.31. The van der Waals surface area contributed by atoms with Gasteiger partial charge in [-0.15, -0.1) is 0 Å². The van der Waals surface area contributed by atoms with Crippen molar-refractivity contribution in [3.8, 4) is 0 Å². The molecule has 3 N–H and O–H groups in total. The zero-order chi connectivity index (χ0) is 11.4. The predicted molar refractivity (Wildman–Crippen MR) is 58.1 cm³/mol. The zero-order valence-corrected chi connectivity index (χ0v) is 8.29. The Labute approximate surface area is 91.6 Å². The molecule has 2 rings (SSSR count). The number of hydrogen-bond donors (Lipinski definition) is 2. The van der Waals surface area contributed by atoms with E-state index in [-0.39, 0.29) is 5.69 Å². The molecule has 2 aromatic heterocycles. The van der Waals surface area contributed by atoms with Gasteiger partial charge in [-0.3, -0.25) is 4.79 Å². The van der Waals surface area contributed by atoms with E-state index in [0.29, 0.717) is 11.4 Å². The third-order valence-corrected chi connectivity index (χ3v) is 1.88. The fourth-order valence-corrected chi connectivity index (χ4v) is 1.22. The maximum absolute atomic E-state index is 11.1. The summed E-state index contributed by atoms with van der Waals surface area (Å²) in [5, 5.41) is 2.97. The highest BCUT2D eigenvalue weighted by Gasteiger charge is 2.08. The van der Waals surface area contributed by atoms with E-state index in [9.17, 15) is 4.79 Å². The summed E-state index contributed by atoms with van der Waals surface area (Å²) in [6, 6.07) is 3.42. The molecule has 2 heterocycles. The Hall–Kier alpha value is -2.50. The minimum Gasteiger partial charge on any atom is -0.364 e. The van der Waals surface area contributed by atoms with Crippen LogP contribution in [-0.2, 0) is 0 Å². The van der Waals surface area contributed by atoms with E-state index in [2.05, 4.69) is 20.3 Å². The third-order valence-electron chi connectivity index (χ3n) is 1.88. The van der Waals surface area contributed by atoms with Crippen LogP contribution in [0.3, 0.4) is 0 Å². The molecule has 0 aliphatic heterocycles. The molecule has 0 bridgehead atoms. The average Bonchev–Trinajstić information content (AvgIpc) is 2.31. The summed E-state index contributed by atoms with van der Waals surface area (Å²) in [5.74, 6) is -0.583. The number of pyridine rings is 1. The Morgan fingerprint density at radius 2 is 2.06 bits per heavy atom. The first-order valence-electron chi connectivity index (χ1n) is 4.54.